The summed E-state index contributed by atoms with van der Waals surface area (Å²) in [5.74, 6) is -1.57. The van der Waals surface area contributed by atoms with Crippen LogP contribution in [0.1, 0.15) is 53.9 Å². The molecule has 3 rings (SSSR count). The Bertz CT molecular complexity index is 1100. The average Bonchev–Trinajstić information content (AvgIpc) is 3.09. The third-order valence-corrected chi connectivity index (χ3v) is 7.69. The molecule has 0 radical (unpaired) electrons. The molecule has 1 heterocycles. The van der Waals surface area contributed by atoms with Crippen LogP contribution in [0.25, 0.3) is 0 Å². The normalized spacial score (nSPS) is 14.4. The zero-order chi connectivity index (χ0) is 23.5. The maximum absolute atomic E-state index is 13.4. The first-order valence-corrected chi connectivity index (χ1v) is 13.2. The molecule has 1 amide bonds. The monoisotopic (exact) mass is 482 g/mol. The number of anilines is 2. The molecule has 7 nitrogen and oxygen atoms in total. The van der Waals surface area contributed by atoms with Gasteiger partial charge in [0.2, 0.25) is 15.9 Å². The van der Waals surface area contributed by atoms with E-state index in [4.69, 9.17) is 4.74 Å². The lowest BCUT2D eigenvalue weighted by molar-refractivity contribution is -0.117. The predicted molar refractivity (Wildman–Crippen MR) is 123 cm³/mol. The number of rotatable bonds is 8. The number of ether oxygens (including phenoxy) is 1. The second-order valence-corrected chi connectivity index (χ2v) is 10.5. The van der Waals surface area contributed by atoms with Gasteiger partial charge in [0.1, 0.15) is 16.9 Å². The maximum Gasteiger partial charge on any atom is 0.341 e. The van der Waals surface area contributed by atoms with E-state index in [1.807, 2.05) is 0 Å². The number of amides is 1. The molecule has 0 spiro atoms. The van der Waals surface area contributed by atoms with Crippen molar-refractivity contribution in [3.63, 3.8) is 0 Å². The summed E-state index contributed by atoms with van der Waals surface area (Å²) in [5, 5.41) is 3.17. The Hall–Kier alpha value is -2.46. The molecule has 1 N–H and O–H groups in total. The molecule has 32 heavy (non-hydrogen) atoms. The molecule has 0 saturated carbocycles. The zero-order valence-corrected chi connectivity index (χ0v) is 19.9. The number of nitrogens with zero attached hydrogens (tertiary/aromatic N) is 1. The predicted octanol–water partition coefficient (Wildman–Crippen LogP) is 4.13. The lowest BCUT2D eigenvalue weighted by Crippen LogP contribution is -2.47. The molecule has 0 aliphatic heterocycles. The van der Waals surface area contributed by atoms with Crippen molar-refractivity contribution in [3.8, 4) is 0 Å². The van der Waals surface area contributed by atoms with Crippen molar-refractivity contribution in [2.75, 3.05) is 22.5 Å². The largest absolute Gasteiger partial charge is 0.462 e. The van der Waals surface area contributed by atoms with Crippen molar-refractivity contribution >= 4 is 43.9 Å². The van der Waals surface area contributed by atoms with E-state index in [1.54, 1.807) is 13.8 Å². The van der Waals surface area contributed by atoms with Gasteiger partial charge in [-0.05, 0) is 68.9 Å². The van der Waals surface area contributed by atoms with Crippen LogP contribution in [0.2, 0.25) is 0 Å². The molecule has 1 aromatic heterocycles. The number of nitrogens with one attached hydrogen (secondary N) is 1. The van der Waals surface area contributed by atoms with E-state index in [2.05, 4.69) is 5.32 Å². The van der Waals surface area contributed by atoms with Crippen LogP contribution in [-0.4, -0.2) is 39.2 Å². The van der Waals surface area contributed by atoms with Gasteiger partial charge >= 0.3 is 5.97 Å². The van der Waals surface area contributed by atoms with Crippen molar-refractivity contribution in [1.82, 2.24) is 0 Å². The molecular weight excluding hydrogens is 455 g/mol. The van der Waals surface area contributed by atoms with Crippen LogP contribution in [0.3, 0.4) is 0 Å². The number of halogens is 1. The van der Waals surface area contributed by atoms with Crippen molar-refractivity contribution in [2.24, 2.45) is 0 Å². The van der Waals surface area contributed by atoms with Gasteiger partial charge < -0.3 is 10.1 Å². The van der Waals surface area contributed by atoms with Crippen molar-refractivity contribution in [1.29, 1.82) is 0 Å². The van der Waals surface area contributed by atoms with E-state index in [0.29, 0.717) is 10.6 Å². The molecule has 1 atom stereocenters. The number of aryl methyl sites for hydroxylation is 1. The van der Waals surface area contributed by atoms with Gasteiger partial charge in [0.05, 0.1) is 24.1 Å². The van der Waals surface area contributed by atoms with Crippen LogP contribution in [0, 0.1) is 5.82 Å². The number of esters is 1. The zero-order valence-electron chi connectivity index (χ0n) is 18.3. The molecule has 1 aliphatic carbocycles. The van der Waals surface area contributed by atoms with Crippen molar-refractivity contribution in [2.45, 2.75) is 52.0 Å². The van der Waals surface area contributed by atoms with E-state index >= 15 is 0 Å². The van der Waals surface area contributed by atoms with Crippen molar-refractivity contribution < 1.29 is 27.1 Å². The smallest absolute Gasteiger partial charge is 0.341 e. The van der Waals surface area contributed by atoms with Gasteiger partial charge in [-0.15, -0.1) is 11.3 Å². The number of benzene rings is 1. The number of carbonyl (C=O) groups excluding carboxylic acids is 2. The van der Waals surface area contributed by atoms with E-state index in [-0.39, 0.29) is 18.7 Å². The number of fused-ring (bicyclic) bond motifs is 1. The van der Waals surface area contributed by atoms with Crippen molar-refractivity contribution in [3.05, 3.63) is 46.1 Å². The Labute approximate surface area is 191 Å². The van der Waals surface area contributed by atoms with Crippen LogP contribution < -0.4 is 9.62 Å². The van der Waals surface area contributed by atoms with E-state index in [9.17, 15) is 22.4 Å². The summed E-state index contributed by atoms with van der Waals surface area (Å²) in [6.07, 6.45) is 4.69. The summed E-state index contributed by atoms with van der Waals surface area (Å²) in [6, 6.07) is 3.85. The topological polar surface area (TPSA) is 92.8 Å². The molecule has 1 aliphatic rings. The highest BCUT2D eigenvalue weighted by Gasteiger charge is 2.34. The Kier molecular flexibility index (Phi) is 7.55. The number of carbonyl (C=O) groups is 2. The summed E-state index contributed by atoms with van der Waals surface area (Å²) in [7, 11) is -3.85. The lowest BCUT2D eigenvalue weighted by Gasteiger charge is -2.30. The standard InChI is InChI=1S/C22H27FN2O5S2/c1-4-17(25(32(3,28)29)15-12-10-14(23)11-13-15)20(26)24-21-19(22(27)30-5-2)16-8-6-7-9-18(16)31-21/h10-13,17H,4-9H2,1-3H3,(H,24,26). The minimum atomic E-state index is -3.85. The maximum atomic E-state index is 13.4. The first-order chi connectivity index (χ1) is 15.2. The minimum absolute atomic E-state index is 0.177. The van der Waals surface area contributed by atoms with Gasteiger partial charge in [0.15, 0.2) is 0 Å². The Morgan fingerprint density at radius 2 is 1.84 bits per heavy atom. The van der Waals surface area contributed by atoms with Gasteiger partial charge in [-0.25, -0.2) is 17.6 Å². The Morgan fingerprint density at radius 3 is 2.44 bits per heavy atom. The van der Waals surface area contributed by atoms with E-state index in [1.165, 1.54) is 23.5 Å². The third-order valence-electron chi connectivity index (χ3n) is 5.30. The quantitative estimate of drug-likeness (QED) is 0.571. The van der Waals surface area contributed by atoms with E-state index in [0.717, 1.165) is 58.8 Å². The van der Waals surface area contributed by atoms with Crippen LogP contribution in [0.5, 0.6) is 0 Å². The van der Waals surface area contributed by atoms with Crippen LogP contribution in [0.4, 0.5) is 15.1 Å². The Morgan fingerprint density at radius 1 is 1.19 bits per heavy atom. The molecule has 1 unspecified atom stereocenters. The fourth-order valence-electron chi connectivity index (χ4n) is 3.92. The van der Waals surface area contributed by atoms with Gasteiger partial charge in [-0.3, -0.25) is 9.10 Å². The van der Waals surface area contributed by atoms with Crippen LogP contribution in [0.15, 0.2) is 24.3 Å². The van der Waals surface area contributed by atoms with Gasteiger partial charge in [0, 0.05) is 4.88 Å². The molecule has 10 heteroatoms. The van der Waals surface area contributed by atoms with Gasteiger partial charge in [0.25, 0.3) is 0 Å². The molecule has 174 valence electrons. The second kappa shape index (κ2) is 9.99. The first-order valence-electron chi connectivity index (χ1n) is 10.5. The highest BCUT2D eigenvalue weighted by atomic mass is 32.2. The summed E-state index contributed by atoms with van der Waals surface area (Å²) < 4.78 is 44.7. The average molecular weight is 483 g/mol. The Balaban J connectivity index is 1.97. The van der Waals surface area contributed by atoms with Crippen LogP contribution >= 0.6 is 11.3 Å². The molecule has 2 aromatic rings. The summed E-state index contributed by atoms with van der Waals surface area (Å²) >= 11 is 1.34. The molecule has 0 saturated heterocycles. The fraction of sp³-hybridized carbons (Fsp3) is 0.455. The number of hydrogen-bond acceptors (Lipinski definition) is 6. The summed E-state index contributed by atoms with van der Waals surface area (Å²) in [5.41, 5.74) is 1.45. The van der Waals surface area contributed by atoms with Crippen LogP contribution in [-0.2, 0) is 32.4 Å². The fourth-order valence-corrected chi connectivity index (χ4v) is 6.41. The summed E-state index contributed by atoms with van der Waals surface area (Å²) in [6.45, 7) is 3.62. The highest BCUT2D eigenvalue weighted by molar-refractivity contribution is 7.92. The minimum Gasteiger partial charge on any atom is -0.462 e. The molecule has 1 aromatic carbocycles. The first kappa shape index (κ1) is 24.2. The van der Waals surface area contributed by atoms with E-state index < -0.39 is 33.8 Å². The highest BCUT2D eigenvalue weighted by Crippen LogP contribution is 2.39. The van der Waals surface area contributed by atoms with Gasteiger partial charge in [-0.2, -0.15) is 0 Å². The lowest BCUT2D eigenvalue weighted by atomic mass is 9.95. The summed E-state index contributed by atoms with van der Waals surface area (Å²) in [4.78, 5) is 27.0. The molecule has 0 fully saturated rings. The SMILES string of the molecule is CCOC(=O)c1c(NC(=O)C(CC)N(c2ccc(F)cc2)S(C)(=O)=O)sc2c1CCCC2. The molecule has 0 bridgehead atoms. The third kappa shape index (κ3) is 5.12. The second-order valence-electron chi connectivity index (χ2n) is 7.58. The number of sulfonamides is 1. The molecular formula is C22H27FN2O5S2. The number of thiophene rings is 1. The van der Waals surface area contributed by atoms with Gasteiger partial charge in [-0.1, -0.05) is 6.92 Å². The number of hydrogen-bond donors (Lipinski definition) is 1.